The number of carbonyl (C=O) groups excluding carboxylic acids is 2. The first-order chi connectivity index (χ1) is 8.13. The number of Topliss-reactive ketones (excluding diaryl/α,β-unsaturated/α-hetero) is 1. The van der Waals surface area contributed by atoms with Gasteiger partial charge >= 0.3 is 5.97 Å². The normalized spacial score (nSPS) is 15.9. The number of benzene rings is 1. The van der Waals surface area contributed by atoms with Crippen LogP contribution < -0.4 is 5.32 Å². The Balaban J connectivity index is 2.41. The summed E-state index contributed by atoms with van der Waals surface area (Å²) in [6.45, 7) is 1.35. The van der Waals surface area contributed by atoms with Crippen molar-refractivity contribution >= 4 is 29.2 Å². The van der Waals surface area contributed by atoms with Gasteiger partial charge in [0.15, 0.2) is 5.78 Å². The number of anilines is 1. The van der Waals surface area contributed by atoms with Gasteiger partial charge in [0, 0.05) is 4.90 Å². The topological polar surface area (TPSA) is 55.4 Å². The lowest BCUT2D eigenvalue weighted by Gasteiger charge is -2.05. The summed E-state index contributed by atoms with van der Waals surface area (Å²) in [4.78, 5) is 24.0. The van der Waals surface area contributed by atoms with Crippen LogP contribution in [-0.4, -0.2) is 18.9 Å². The minimum Gasteiger partial charge on any atom is -0.465 e. The summed E-state index contributed by atoms with van der Waals surface area (Å²) in [6, 6.07) is 7.61. The lowest BCUT2D eigenvalue weighted by Crippen LogP contribution is -2.15. The van der Waals surface area contributed by atoms with E-state index in [9.17, 15) is 9.59 Å². The predicted octanol–water partition coefficient (Wildman–Crippen LogP) is 2.18. The molecule has 0 spiro atoms. The highest BCUT2D eigenvalue weighted by Gasteiger charge is 2.26. The molecular weight excluding hydrogens is 238 g/mol. The highest BCUT2D eigenvalue weighted by Crippen LogP contribution is 2.42. The summed E-state index contributed by atoms with van der Waals surface area (Å²) in [6.07, 6.45) is 0. The highest BCUT2D eigenvalue weighted by atomic mass is 32.2. The Labute approximate surface area is 103 Å². The van der Waals surface area contributed by atoms with Gasteiger partial charge in [0.1, 0.15) is 5.57 Å². The number of carbonyl (C=O) groups is 2. The molecule has 0 aromatic heterocycles. The monoisotopic (exact) mass is 249 g/mol. The molecule has 1 aromatic carbocycles. The van der Waals surface area contributed by atoms with E-state index in [1.165, 1.54) is 25.8 Å². The zero-order valence-electron chi connectivity index (χ0n) is 9.44. The number of hydrogen-bond acceptors (Lipinski definition) is 5. The molecule has 88 valence electrons. The second kappa shape index (κ2) is 4.63. The molecule has 0 aliphatic carbocycles. The molecule has 0 bridgehead atoms. The smallest absolute Gasteiger partial charge is 0.344 e. The maximum atomic E-state index is 11.5. The third-order valence-electron chi connectivity index (χ3n) is 2.32. The Morgan fingerprint density at radius 1 is 1.29 bits per heavy atom. The summed E-state index contributed by atoms with van der Waals surface area (Å²) in [5, 5.41) is 3.58. The first-order valence-electron chi connectivity index (χ1n) is 5.01. The molecule has 0 unspecified atom stereocenters. The van der Waals surface area contributed by atoms with Crippen molar-refractivity contribution in [3.05, 3.63) is 34.9 Å². The molecule has 5 heteroatoms. The van der Waals surface area contributed by atoms with Gasteiger partial charge in [-0.25, -0.2) is 4.79 Å². The van der Waals surface area contributed by atoms with Crippen LogP contribution in [0.2, 0.25) is 0 Å². The van der Waals surface area contributed by atoms with Crippen molar-refractivity contribution in [2.75, 3.05) is 12.4 Å². The molecular formula is C12H11NO3S. The van der Waals surface area contributed by atoms with Crippen LogP contribution in [0.3, 0.4) is 0 Å². The van der Waals surface area contributed by atoms with Crippen molar-refractivity contribution in [3.63, 3.8) is 0 Å². The molecule has 0 saturated heterocycles. The Bertz CT molecular complexity index is 495. The van der Waals surface area contributed by atoms with E-state index in [0.29, 0.717) is 5.03 Å². The molecule has 0 atom stereocenters. The fourth-order valence-corrected chi connectivity index (χ4v) is 2.61. The summed E-state index contributed by atoms with van der Waals surface area (Å²) in [5.41, 5.74) is 0.962. The number of para-hydroxylation sites is 1. The fraction of sp³-hybridized carbons (Fsp3) is 0.167. The number of hydrogen-bond donors (Lipinski definition) is 1. The van der Waals surface area contributed by atoms with Crippen molar-refractivity contribution < 1.29 is 14.3 Å². The SMILES string of the molecule is COC(=O)/C(C(C)=O)=C1\Nc2ccccc2S1. The van der Waals surface area contributed by atoms with Gasteiger partial charge in [0.25, 0.3) is 0 Å². The highest BCUT2D eigenvalue weighted by molar-refractivity contribution is 8.03. The first kappa shape index (κ1) is 11.7. The van der Waals surface area contributed by atoms with Gasteiger partial charge in [-0.3, -0.25) is 4.79 Å². The molecule has 0 amide bonds. The standard InChI is InChI=1S/C12H11NO3S/c1-7(14)10(12(15)16-2)11-13-8-5-3-4-6-9(8)17-11/h3-6,13H,1-2H3/b11-10+. The average molecular weight is 249 g/mol. The van der Waals surface area contributed by atoms with E-state index in [-0.39, 0.29) is 11.4 Å². The van der Waals surface area contributed by atoms with Gasteiger partial charge in [0.05, 0.1) is 17.8 Å². The third kappa shape index (κ3) is 2.19. The van der Waals surface area contributed by atoms with Crippen LogP contribution in [0.1, 0.15) is 6.92 Å². The van der Waals surface area contributed by atoms with E-state index < -0.39 is 5.97 Å². The van der Waals surface area contributed by atoms with Crippen molar-refractivity contribution in [2.24, 2.45) is 0 Å². The number of methoxy groups -OCH3 is 1. The summed E-state index contributed by atoms with van der Waals surface area (Å²) >= 11 is 1.36. The Morgan fingerprint density at radius 3 is 2.59 bits per heavy atom. The predicted molar refractivity (Wildman–Crippen MR) is 65.6 cm³/mol. The zero-order chi connectivity index (χ0) is 12.4. The first-order valence-corrected chi connectivity index (χ1v) is 5.82. The van der Waals surface area contributed by atoms with E-state index in [1.54, 1.807) is 0 Å². The van der Waals surface area contributed by atoms with Crippen LogP contribution >= 0.6 is 11.8 Å². The van der Waals surface area contributed by atoms with E-state index >= 15 is 0 Å². The van der Waals surface area contributed by atoms with Gasteiger partial charge in [-0.15, -0.1) is 0 Å². The summed E-state index contributed by atoms with van der Waals surface area (Å²) < 4.78 is 4.61. The lowest BCUT2D eigenvalue weighted by molar-refractivity contribution is -0.137. The molecule has 1 aliphatic heterocycles. The molecule has 0 fully saturated rings. The van der Waals surface area contributed by atoms with Crippen LogP contribution in [0.5, 0.6) is 0 Å². The fourth-order valence-electron chi connectivity index (χ4n) is 1.53. The van der Waals surface area contributed by atoms with Crippen LogP contribution in [0.4, 0.5) is 5.69 Å². The number of nitrogens with one attached hydrogen (secondary N) is 1. The Kier molecular flexibility index (Phi) is 3.19. The van der Waals surface area contributed by atoms with E-state index in [2.05, 4.69) is 10.1 Å². The van der Waals surface area contributed by atoms with Crippen molar-refractivity contribution in [2.45, 2.75) is 11.8 Å². The molecule has 1 N–H and O–H groups in total. The molecule has 17 heavy (non-hydrogen) atoms. The van der Waals surface area contributed by atoms with E-state index in [0.717, 1.165) is 10.6 Å². The lowest BCUT2D eigenvalue weighted by atomic mass is 10.2. The minimum absolute atomic E-state index is 0.0636. The molecule has 1 heterocycles. The molecule has 1 aliphatic rings. The molecule has 4 nitrogen and oxygen atoms in total. The second-order valence-electron chi connectivity index (χ2n) is 3.48. The zero-order valence-corrected chi connectivity index (χ0v) is 10.3. The maximum Gasteiger partial charge on any atom is 0.344 e. The Morgan fingerprint density at radius 2 is 2.00 bits per heavy atom. The van der Waals surface area contributed by atoms with Crippen molar-refractivity contribution in [3.8, 4) is 0 Å². The molecule has 0 radical (unpaired) electrons. The van der Waals surface area contributed by atoms with Gasteiger partial charge in [-0.05, 0) is 19.1 Å². The second-order valence-corrected chi connectivity index (χ2v) is 4.53. The van der Waals surface area contributed by atoms with E-state index in [1.807, 2.05) is 24.3 Å². The van der Waals surface area contributed by atoms with Gasteiger partial charge < -0.3 is 10.1 Å². The number of thioether (sulfide) groups is 1. The van der Waals surface area contributed by atoms with Crippen LogP contribution in [0.15, 0.2) is 39.8 Å². The number of ether oxygens (including phenoxy) is 1. The van der Waals surface area contributed by atoms with Gasteiger partial charge in [-0.2, -0.15) is 0 Å². The van der Waals surface area contributed by atoms with Crippen LogP contribution in [0, 0.1) is 0 Å². The van der Waals surface area contributed by atoms with Crippen molar-refractivity contribution in [1.82, 2.24) is 0 Å². The number of ketones is 1. The van der Waals surface area contributed by atoms with Crippen molar-refractivity contribution in [1.29, 1.82) is 0 Å². The van der Waals surface area contributed by atoms with Crippen LogP contribution in [-0.2, 0) is 14.3 Å². The number of fused-ring (bicyclic) bond motifs is 1. The maximum absolute atomic E-state index is 11.5. The number of rotatable bonds is 2. The summed E-state index contributed by atoms with van der Waals surface area (Å²) in [5.74, 6) is -0.917. The Hall–Kier alpha value is -1.75. The number of esters is 1. The third-order valence-corrected chi connectivity index (χ3v) is 3.40. The summed E-state index contributed by atoms with van der Waals surface area (Å²) in [7, 11) is 1.26. The molecule has 1 aromatic rings. The largest absolute Gasteiger partial charge is 0.465 e. The average Bonchev–Trinajstić information content (AvgIpc) is 2.71. The minimum atomic E-state index is -0.611. The van der Waals surface area contributed by atoms with Gasteiger partial charge in [0.2, 0.25) is 0 Å². The van der Waals surface area contributed by atoms with Crippen LogP contribution in [0.25, 0.3) is 0 Å². The van der Waals surface area contributed by atoms with E-state index in [4.69, 9.17) is 0 Å². The molecule has 2 rings (SSSR count). The van der Waals surface area contributed by atoms with Gasteiger partial charge in [-0.1, -0.05) is 23.9 Å². The quantitative estimate of drug-likeness (QED) is 0.377. The molecule has 0 saturated carbocycles.